The van der Waals surface area contributed by atoms with Crippen molar-refractivity contribution in [3.8, 4) is 0 Å². The van der Waals surface area contributed by atoms with Gasteiger partial charge in [0.25, 0.3) is 0 Å². The fourth-order valence-electron chi connectivity index (χ4n) is 2.64. The first-order valence-electron chi connectivity index (χ1n) is 7.00. The van der Waals surface area contributed by atoms with Crippen molar-refractivity contribution in [2.45, 2.75) is 19.9 Å². The molecule has 0 aliphatic heterocycles. The minimum atomic E-state index is -0.251. The van der Waals surface area contributed by atoms with Crippen LogP contribution in [0.25, 0.3) is 11.0 Å². The number of hydrogen-bond acceptors (Lipinski definition) is 3. The first kappa shape index (κ1) is 13.8. The van der Waals surface area contributed by atoms with E-state index in [9.17, 15) is 4.39 Å². The van der Waals surface area contributed by atoms with Crippen molar-refractivity contribution in [3.05, 3.63) is 53.3 Å². The Labute approximate surface area is 122 Å². The van der Waals surface area contributed by atoms with Gasteiger partial charge in [0.15, 0.2) is 0 Å². The lowest BCUT2D eigenvalue weighted by molar-refractivity contribution is 0.473. The van der Waals surface area contributed by atoms with Crippen molar-refractivity contribution >= 4 is 11.0 Å². The van der Waals surface area contributed by atoms with Crippen LogP contribution in [0.3, 0.4) is 0 Å². The van der Waals surface area contributed by atoms with Crippen molar-refractivity contribution in [2.75, 3.05) is 6.54 Å². The van der Waals surface area contributed by atoms with Crippen molar-refractivity contribution in [2.24, 2.45) is 7.05 Å². The number of aromatic nitrogens is 2. The van der Waals surface area contributed by atoms with Gasteiger partial charge >= 0.3 is 0 Å². The fourth-order valence-corrected chi connectivity index (χ4v) is 2.64. The zero-order valence-electron chi connectivity index (χ0n) is 12.4. The Morgan fingerprint density at radius 2 is 2.24 bits per heavy atom. The Morgan fingerprint density at radius 3 is 2.90 bits per heavy atom. The van der Waals surface area contributed by atoms with Crippen LogP contribution in [0, 0.1) is 12.7 Å². The van der Waals surface area contributed by atoms with Crippen molar-refractivity contribution in [1.29, 1.82) is 0 Å². The van der Waals surface area contributed by atoms with Gasteiger partial charge in [-0.15, -0.1) is 0 Å². The fraction of sp³-hybridized carbons (Fsp3) is 0.312. The molecule has 1 unspecified atom stereocenters. The van der Waals surface area contributed by atoms with Gasteiger partial charge in [0, 0.05) is 29.8 Å². The van der Waals surface area contributed by atoms with Crippen LogP contribution in [-0.4, -0.2) is 16.3 Å². The molecule has 3 aromatic rings. The third-order valence-electron chi connectivity index (χ3n) is 3.66. The summed E-state index contributed by atoms with van der Waals surface area (Å²) in [5.41, 5.74) is 2.69. The molecule has 5 heteroatoms. The van der Waals surface area contributed by atoms with Gasteiger partial charge in [-0.3, -0.25) is 4.68 Å². The molecule has 0 bridgehead atoms. The Bertz CT molecular complexity index is 775. The number of rotatable bonds is 4. The summed E-state index contributed by atoms with van der Waals surface area (Å²) in [5.74, 6) is 0.560. The standard InChI is InChI=1S/C16H18FN3O/c1-4-18-15(11-8-19-20(3)9-11)16-10(2)13-7-12(17)5-6-14(13)21-16/h5-9,15,18H,4H2,1-3H3. The number of furan rings is 1. The maximum atomic E-state index is 13.4. The van der Waals surface area contributed by atoms with E-state index >= 15 is 0 Å². The highest BCUT2D eigenvalue weighted by molar-refractivity contribution is 5.82. The number of benzene rings is 1. The van der Waals surface area contributed by atoms with Crippen LogP contribution < -0.4 is 5.32 Å². The first-order valence-corrected chi connectivity index (χ1v) is 7.00. The Hall–Kier alpha value is -2.14. The summed E-state index contributed by atoms with van der Waals surface area (Å²) >= 11 is 0. The molecule has 3 rings (SSSR count). The molecule has 0 spiro atoms. The first-order chi connectivity index (χ1) is 10.1. The quantitative estimate of drug-likeness (QED) is 0.800. The second-order valence-electron chi connectivity index (χ2n) is 5.17. The lowest BCUT2D eigenvalue weighted by Gasteiger charge is -2.14. The monoisotopic (exact) mass is 287 g/mol. The van der Waals surface area contributed by atoms with Gasteiger partial charge in [-0.25, -0.2) is 4.39 Å². The van der Waals surface area contributed by atoms with Crippen LogP contribution in [0.4, 0.5) is 4.39 Å². The van der Waals surface area contributed by atoms with E-state index in [2.05, 4.69) is 10.4 Å². The summed E-state index contributed by atoms with van der Waals surface area (Å²) in [5, 5.41) is 8.44. The van der Waals surface area contributed by atoms with E-state index in [-0.39, 0.29) is 11.9 Å². The molecule has 0 radical (unpaired) electrons. The number of nitrogens with zero attached hydrogens (tertiary/aromatic N) is 2. The second kappa shape index (κ2) is 5.33. The molecule has 0 fully saturated rings. The second-order valence-corrected chi connectivity index (χ2v) is 5.17. The van der Waals surface area contributed by atoms with E-state index in [1.165, 1.54) is 12.1 Å². The van der Waals surface area contributed by atoms with E-state index < -0.39 is 0 Å². The molecule has 0 saturated heterocycles. The van der Waals surface area contributed by atoms with Crippen LogP contribution in [0.2, 0.25) is 0 Å². The molecule has 21 heavy (non-hydrogen) atoms. The SMILES string of the molecule is CCNC(c1cnn(C)c1)c1oc2ccc(F)cc2c1C. The minimum absolute atomic E-state index is 0.0841. The predicted molar refractivity (Wildman–Crippen MR) is 79.6 cm³/mol. The van der Waals surface area contributed by atoms with Gasteiger partial charge in [0.1, 0.15) is 17.2 Å². The van der Waals surface area contributed by atoms with E-state index in [0.717, 1.165) is 28.8 Å². The molecule has 0 aliphatic carbocycles. The lowest BCUT2D eigenvalue weighted by Crippen LogP contribution is -2.21. The van der Waals surface area contributed by atoms with Crippen LogP contribution >= 0.6 is 0 Å². The molecule has 1 N–H and O–H groups in total. The average Bonchev–Trinajstić information content (AvgIpc) is 3.02. The van der Waals surface area contributed by atoms with Gasteiger partial charge in [-0.1, -0.05) is 6.92 Å². The van der Waals surface area contributed by atoms with E-state index in [1.807, 2.05) is 33.3 Å². The number of aryl methyl sites for hydroxylation is 2. The van der Waals surface area contributed by atoms with Gasteiger partial charge in [0.05, 0.1) is 12.2 Å². The van der Waals surface area contributed by atoms with E-state index in [0.29, 0.717) is 5.58 Å². The lowest BCUT2D eigenvalue weighted by atomic mass is 10.0. The largest absolute Gasteiger partial charge is 0.459 e. The predicted octanol–water partition coefficient (Wildman–Crippen LogP) is 3.31. The molecular formula is C16H18FN3O. The molecule has 2 aromatic heterocycles. The minimum Gasteiger partial charge on any atom is -0.459 e. The zero-order chi connectivity index (χ0) is 15.0. The van der Waals surface area contributed by atoms with Gasteiger partial charge < -0.3 is 9.73 Å². The van der Waals surface area contributed by atoms with Crippen LogP contribution in [0.15, 0.2) is 35.0 Å². The van der Waals surface area contributed by atoms with Crippen molar-refractivity contribution in [1.82, 2.24) is 15.1 Å². The molecule has 1 aromatic carbocycles. The number of nitrogens with one attached hydrogen (secondary N) is 1. The van der Waals surface area contributed by atoms with Gasteiger partial charge in [-0.2, -0.15) is 5.10 Å². The van der Waals surface area contributed by atoms with Crippen molar-refractivity contribution < 1.29 is 8.81 Å². The van der Waals surface area contributed by atoms with Crippen LogP contribution in [-0.2, 0) is 7.05 Å². The van der Waals surface area contributed by atoms with Crippen molar-refractivity contribution in [3.63, 3.8) is 0 Å². The average molecular weight is 287 g/mol. The summed E-state index contributed by atoms with van der Waals surface area (Å²) in [6.45, 7) is 4.80. The normalized spacial score (nSPS) is 13.0. The molecule has 2 heterocycles. The number of halogens is 1. The van der Waals surface area contributed by atoms with E-state index in [4.69, 9.17) is 4.42 Å². The summed E-state index contributed by atoms with van der Waals surface area (Å²) in [6, 6.07) is 4.53. The van der Waals surface area contributed by atoms with Gasteiger partial charge in [0.2, 0.25) is 0 Å². The molecular weight excluding hydrogens is 269 g/mol. The van der Waals surface area contributed by atoms with Crippen LogP contribution in [0.5, 0.6) is 0 Å². The highest BCUT2D eigenvalue weighted by atomic mass is 19.1. The third kappa shape index (κ3) is 2.45. The summed E-state index contributed by atoms with van der Waals surface area (Å²) in [7, 11) is 1.88. The maximum Gasteiger partial charge on any atom is 0.134 e. The van der Waals surface area contributed by atoms with Gasteiger partial charge in [-0.05, 0) is 31.7 Å². The molecule has 0 aliphatic rings. The number of fused-ring (bicyclic) bond motifs is 1. The topological polar surface area (TPSA) is 43.0 Å². The molecule has 4 nitrogen and oxygen atoms in total. The Kier molecular flexibility index (Phi) is 3.51. The summed E-state index contributed by atoms with van der Waals surface area (Å²) < 4.78 is 21.2. The molecule has 110 valence electrons. The van der Waals surface area contributed by atoms with E-state index in [1.54, 1.807) is 10.7 Å². The summed E-state index contributed by atoms with van der Waals surface area (Å²) in [4.78, 5) is 0. The van der Waals surface area contributed by atoms with Crippen LogP contribution in [0.1, 0.15) is 29.9 Å². The Balaban J connectivity index is 2.13. The third-order valence-corrected chi connectivity index (χ3v) is 3.66. The Morgan fingerprint density at radius 1 is 1.43 bits per heavy atom. The highest BCUT2D eigenvalue weighted by Gasteiger charge is 2.22. The highest BCUT2D eigenvalue weighted by Crippen LogP contribution is 2.32. The molecule has 0 saturated carbocycles. The maximum absolute atomic E-state index is 13.4. The molecule has 0 amide bonds. The summed E-state index contributed by atoms with van der Waals surface area (Å²) in [6.07, 6.45) is 3.78. The molecule has 1 atom stereocenters. The smallest absolute Gasteiger partial charge is 0.134 e. The zero-order valence-corrected chi connectivity index (χ0v) is 12.4. The number of hydrogen-bond donors (Lipinski definition) is 1.